The van der Waals surface area contributed by atoms with Crippen molar-refractivity contribution in [1.82, 2.24) is 4.90 Å². The summed E-state index contributed by atoms with van der Waals surface area (Å²) in [7, 11) is 0. The SMILES string of the molecule is CCOC(=O)c1ccc(CC(=O)N2CCCC2)cc1OCC. The minimum Gasteiger partial charge on any atom is -0.493 e. The first kappa shape index (κ1) is 16.3. The molecule has 1 aromatic rings. The first-order chi connectivity index (χ1) is 10.7. The molecule has 5 nitrogen and oxygen atoms in total. The zero-order valence-electron chi connectivity index (χ0n) is 13.3. The number of carbonyl (C=O) groups is 2. The van der Waals surface area contributed by atoms with E-state index in [0.717, 1.165) is 31.5 Å². The number of ether oxygens (including phenoxy) is 2. The molecule has 0 radical (unpaired) electrons. The molecule has 1 aromatic carbocycles. The van der Waals surface area contributed by atoms with Crippen LogP contribution in [-0.2, 0) is 16.0 Å². The van der Waals surface area contributed by atoms with E-state index < -0.39 is 5.97 Å². The second-order valence-corrected chi connectivity index (χ2v) is 5.25. The van der Waals surface area contributed by atoms with E-state index in [2.05, 4.69) is 0 Å². The smallest absolute Gasteiger partial charge is 0.341 e. The zero-order chi connectivity index (χ0) is 15.9. The van der Waals surface area contributed by atoms with Crippen LogP contribution in [-0.4, -0.2) is 43.1 Å². The van der Waals surface area contributed by atoms with Gasteiger partial charge in [0.25, 0.3) is 0 Å². The molecule has 120 valence electrons. The molecular weight excluding hydrogens is 282 g/mol. The van der Waals surface area contributed by atoms with E-state index in [1.165, 1.54) is 0 Å². The number of likely N-dealkylation sites (tertiary alicyclic amines) is 1. The predicted molar refractivity (Wildman–Crippen MR) is 83.1 cm³/mol. The number of rotatable bonds is 6. The molecule has 0 aliphatic carbocycles. The van der Waals surface area contributed by atoms with Crippen LogP contribution in [0.4, 0.5) is 0 Å². The van der Waals surface area contributed by atoms with Crippen LogP contribution in [0.5, 0.6) is 5.75 Å². The van der Waals surface area contributed by atoms with Gasteiger partial charge in [0, 0.05) is 13.1 Å². The fourth-order valence-electron chi connectivity index (χ4n) is 2.58. The largest absolute Gasteiger partial charge is 0.493 e. The summed E-state index contributed by atoms with van der Waals surface area (Å²) in [5, 5.41) is 0. The van der Waals surface area contributed by atoms with Gasteiger partial charge in [-0.2, -0.15) is 0 Å². The predicted octanol–water partition coefficient (Wildman–Crippen LogP) is 2.43. The summed E-state index contributed by atoms with van der Waals surface area (Å²) in [6.07, 6.45) is 2.50. The van der Waals surface area contributed by atoms with Gasteiger partial charge in [0.15, 0.2) is 0 Å². The molecule has 5 heteroatoms. The van der Waals surface area contributed by atoms with Gasteiger partial charge in [0.1, 0.15) is 11.3 Å². The van der Waals surface area contributed by atoms with E-state index >= 15 is 0 Å². The average molecular weight is 305 g/mol. The second-order valence-electron chi connectivity index (χ2n) is 5.25. The third-order valence-electron chi connectivity index (χ3n) is 3.66. The molecule has 1 amide bonds. The molecule has 0 aromatic heterocycles. The molecule has 0 spiro atoms. The van der Waals surface area contributed by atoms with E-state index in [4.69, 9.17) is 9.47 Å². The highest BCUT2D eigenvalue weighted by Gasteiger charge is 2.20. The average Bonchev–Trinajstić information content (AvgIpc) is 3.02. The van der Waals surface area contributed by atoms with Crippen LogP contribution in [0, 0.1) is 0 Å². The Hall–Kier alpha value is -2.04. The minimum absolute atomic E-state index is 0.129. The van der Waals surface area contributed by atoms with Gasteiger partial charge in [0.2, 0.25) is 5.91 Å². The summed E-state index contributed by atoms with van der Waals surface area (Å²) in [6.45, 7) is 6.09. The maximum atomic E-state index is 12.2. The molecule has 0 unspecified atom stereocenters. The second kappa shape index (κ2) is 7.82. The Balaban J connectivity index is 2.13. The molecule has 2 rings (SSSR count). The first-order valence-electron chi connectivity index (χ1n) is 7.86. The van der Waals surface area contributed by atoms with Gasteiger partial charge in [-0.05, 0) is 44.4 Å². The number of nitrogens with zero attached hydrogens (tertiary/aromatic N) is 1. The van der Waals surface area contributed by atoms with Crippen LogP contribution in [0.3, 0.4) is 0 Å². The van der Waals surface area contributed by atoms with Crippen LogP contribution in [0.2, 0.25) is 0 Å². The summed E-state index contributed by atoms with van der Waals surface area (Å²) in [4.78, 5) is 26.0. The maximum absolute atomic E-state index is 12.2. The van der Waals surface area contributed by atoms with Crippen molar-refractivity contribution < 1.29 is 19.1 Å². The lowest BCUT2D eigenvalue weighted by atomic mass is 10.1. The van der Waals surface area contributed by atoms with Crippen molar-refractivity contribution in [3.05, 3.63) is 29.3 Å². The van der Waals surface area contributed by atoms with Gasteiger partial charge >= 0.3 is 5.97 Å². The van der Waals surface area contributed by atoms with Gasteiger partial charge < -0.3 is 14.4 Å². The van der Waals surface area contributed by atoms with Crippen molar-refractivity contribution in [3.63, 3.8) is 0 Å². The molecule has 0 bridgehead atoms. The Morgan fingerprint density at radius 1 is 1.14 bits per heavy atom. The van der Waals surface area contributed by atoms with Crippen LogP contribution in [0.15, 0.2) is 18.2 Å². The Morgan fingerprint density at radius 3 is 2.50 bits per heavy atom. The molecule has 0 atom stereocenters. The zero-order valence-corrected chi connectivity index (χ0v) is 13.3. The van der Waals surface area contributed by atoms with Gasteiger partial charge in [-0.25, -0.2) is 4.79 Å². The Morgan fingerprint density at radius 2 is 1.86 bits per heavy atom. The number of hydrogen-bond donors (Lipinski definition) is 0. The highest BCUT2D eigenvalue weighted by atomic mass is 16.5. The van der Waals surface area contributed by atoms with E-state index in [0.29, 0.717) is 30.9 Å². The van der Waals surface area contributed by atoms with Gasteiger partial charge in [-0.1, -0.05) is 6.07 Å². The number of carbonyl (C=O) groups excluding carboxylic acids is 2. The van der Waals surface area contributed by atoms with Crippen LogP contribution in [0.25, 0.3) is 0 Å². The number of hydrogen-bond acceptors (Lipinski definition) is 4. The Labute approximate surface area is 131 Å². The fraction of sp³-hybridized carbons (Fsp3) is 0.529. The summed E-state index contributed by atoms with van der Waals surface area (Å²) in [5.41, 5.74) is 1.26. The number of esters is 1. The quantitative estimate of drug-likeness (QED) is 0.757. The number of amides is 1. The Bertz CT molecular complexity index is 535. The standard InChI is InChI=1S/C17H23NO4/c1-3-21-15-11-13(7-8-14(15)17(20)22-4-2)12-16(19)18-9-5-6-10-18/h7-8,11H,3-6,9-10,12H2,1-2H3. The summed E-state index contributed by atoms with van der Waals surface area (Å²) in [6, 6.07) is 5.24. The third-order valence-corrected chi connectivity index (χ3v) is 3.66. The summed E-state index contributed by atoms with van der Waals surface area (Å²) in [5.74, 6) is 0.208. The van der Waals surface area contributed by atoms with Crippen molar-refractivity contribution in [2.45, 2.75) is 33.1 Å². The molecule has 22 heavy (non-hydrogen) atoms. The first-order valence-corrected chi connectivity index (χ1v) is 7.86. The van der Waals surface area contributed by atoms with E-state index in [1.54, 1.807) is 25.1 Å². The minimum atomic E-state index is -0.400. The third kappa shape index (κ3) is 4.00. The molecule has 1 aliphatic rings. The summed E-state index contributed by atoms with van der Waals surface area (Å²) < 4.78 is 10.5. The van der Waals surface area contributed by atoms with Crippen molar-refractivity contribution in [2.75, 3.05) is 26.3 Å². The highest BCUT2D eigenvalue weighted by molar-refractivity contribution is 5.92. The van der Waals surface area contributed by atoms with E-state index in [-0.39, 0.29) is 5.91 Å². The topological polar surface area (TPSA) is 55.8 Å². The van der Waals surface area contributed by atoms with Gasteiger partial charge in [-0.15, -0.1) is 0 Å². The number of benzene rings is 1. The molecule has 1 saturated heterocycles. The van der Waals surface area contributed by atoms with Crippen molar-refractivity contribution in [2.24, 2.45) is 0 Å². The lowest BCUT2D eigenvalue weighted by Gasteiger charge is -2.16. The normalized spacial score (nSPS) is 14.0. The maximum Gasteiger partial charge on any atom is 0.341 e. The van der Waals surface area contributed by atoms with E-state index in [1.807, 2.05) is 11.8 Å². The van der Waals surface area contributed by atoms with Crippen molar-refractivity contribution in [1.29, 1.82) is 0 Å². The lowest BCUT2D eigenvalue weighted by Crippen LogP contribution is -2.29. The summed E-state index contributed by atoms with van der Waals surface area (Å²) >= 11 is 0. The highest BCUT2D eigenvalue weighted by Crippen LogP contribution is 2.23. The van der Waals surface area contributed by atoms with Crippen molar-refractivity contribution >= 4 is 11.9 Å². The van der Waals surface area contributed by atoms with Crippen LogP contribution >= 0.6 is 0 Å². The van der Waals surface area contributed by atoms with Crippen molar-refractivity contribution in [3.8, 4) is 5.75 Å². The van der Waals surface area contributed by atoms with Crippen LogP contribution < -0.4 is 4.74 Å². The molecule has 1 aliphatic heterocycles. The molecule has 0 N–H and O–H groups in total. The molecule has 1 heterocycles. The Kier molecular flexibility index (Phi) is 5.81. The molecule has 1 fully saturated rings. The monoisotopic (exact) mass is 305 g/mol. The molecular formula is C17H23NO4. The fourth-order valence-corrected chi connectivity index (χ4v) is 2.58. The van der Waals surface area contributed by atoms with Gasteiger partial charge in [0.05, 0.1) is 19.6 Å². The molecule has 0 saturated carbocycles. The van der Waals surface area contributed by atoms with Gasteiger partial charge in [-0.3, -0.25) is 4.79 Å². The van der Waals surface area contributed by atoms with E-state index in [9.17, 15) is 9.59 Å². The van der Waals surface area contributed by atoms with Crippen LogP contribution in [0.1, 0.15) is 42.6 Å². The lowest BCUT2D eigenvalue weighted by molar-refractivity contribution is -0.129.